The maximum Gasteiger partial charge on any atom is 0.317 e. The van der Waals surface area contributed by atoms with Crippen LogP contribution in [0.15, 0.2) is 24.7 Å². The minimum absolute atomic E-state index is 0.0514. The number of alkyl halides is 1. The summed E-state index contributed by atoms with van der Waals surface area (Å²) in [5.74, 6) is -0.793. The van der Waals surface area contributed by atoms with Gasteiger partial charge in [-0.25, -0.2) is 32.9 Å². The van der Waals surface area contributed by atoms with Gasteiger partial charge in [-0.1, -0.05) is 0 Å². The zero-order chi connectivity index (χ0) is 22.9. The number of nitrogens with one attached hydrogen (secondary N) is 3. The van der Waals surface area contributed by atoms with Gasteiger partial charge in [-0.2, -0.15) is 0 Å². The molecule has 3 atom stereocenters. The van der Waals surface area contributed by atoms with Crippen molar-refractivity contribution in [3.63, 3.8) is 0 Å². The Bertz CT molecular complexity index is 1170. The van der Waals surface area contributed by atoms with Crippen LogP contribution >= 0.6 is 0 Å². The van der Waals surface area contributed by atoms with Crippen LogP contribution in [-0.2, 0) is 0 Å². The van der Waals surface area contributed by atoms with E-state index in [1.165, 1.54) is 11.0 Å². The summed E-state index contributed by atoms with van der Waals surface area (Å²) in [5, 5.41) is 6.62. The monoisotopic (exact) mass is 459 g/mol. The molecule has 33 heavy (non-hydrogen) atoms. The number of anilines is 1. The highest BCUT2D eigenvalue weighted by Crippen LogP contribution is 2.28. The summed E-state index contributed by atoms with van der Waals surface area (Å²) in [4.78, 5) is 29.2. The molecule has 2 fully saturated rings. The van der Waals surface area contributed by atoms with Crippen LogP contribution in [0.3, 0.4) is 0 Å². The Morgan fingerprint density at radius 3 is 2.82 bits per heavy atom. The van der Waals surface area contributed by atoms with E-state index in [0.29, 0.717) is 36.0 Å². The van der Waals surface area contributed by atoms with E-state index in [4.69, 9.17) is 0 Å². The Labute approximate surface area is 188 Å². The lowest BCUT2D eigenvalue weighted by molar-refractivity contribution is 0.195. The lowest BCUT2D eigenvalue weighted by Crippen LogP contribution is -2.47. The lowest BCUT2D eigenvalue weighted by Gasteiger charge is -2.31. The fourth-order valence-electron chi connectivity index (χ4n) is 4.57. The number of halogens is 3. The molecule has 3 aromatic heterocycles. The molecule has 2 aliphatic rings. The summed E-state index contributed by atoms with van der Waals surface area (Å²) in [6, 6.07) is 0.885. The molecule has 3 N–H and O–H groups in total. The van der Waals surface area contributed by atoms with Gasteiger partial charge >= 0.3 is 6.03 Å². The number of aromatic amines is 1. The van der Waals surface area contributed by atoms with Crippen molar-refractivity contribution in [1.82, 2.24) is 30.2 Å². The number of urea groups is 1. The van der Waals surface area contributed by atoms with E-state index >= 15 is 0 Å². The average molecular weight is 459 g/mol. The first-order valence-corrected chi connectivity index (χ1v) is 11.1. The van der Waals surface area contributed by atoms with Crippen LogP contribution in [0.1, 0.15) is 32.1 Å². The van der Waals surface area contributed by atoms with Gasteiger partial charge in [0.05, 0.1) is 18.9 Å². The molecule has 1 unspecified atom stereocenters. The second kappa shape index (κ2) is 8.87. The molecule has 3 aromatic rings. The summed E-state index contributed by atoms with van der Waals surface area (Å²) >= 11 is 0. The highest BCUT2D eigenvalue weighted by Gasteiger charge is 2.29. The molecule has 0 bridgehead atoms. The van der Waals surface area contributed by atoms with E-state index in [-0.39, 0.29) is 36.3 Å². The molecule has 174 valence electrons. The van der Waals surface area contributed by atoms with Crippen LogP contribution in [0.4, 0.5) is 23.8 Å². The van der Waals surface area contributed by atoms with E-state index in [1.807, 2.05) is 0 Å². The quantitative estimate of drug-likeness (QED) is 0.552. The van der Waals surface area contributed by atoms with Crippen LogP contribution in [0.5, 0.6) is 0 Å². The predicted molar refractivity (Wildman–Crippen MR) is 116 cm³/mol. The van der Waals surface area contributed by atoms with Crippen molar-refractivity contribution in [2.45, 2.75) is 50.4 Å². The standard InChI is InChI=1S/C22H24F3N7O/c23-12-4-5-32(11-12)22(33)30-15-3-1-2-14(7-15)29-21-18(25)10-28-20(31-21)17-9-27-19-16(17)6-13(24)8-26-19/h6,8-10,12,14-15H,1-5,7,11H2,(H,26,27)(H,30,33)(H,28,29,31)/t12?,14-,15+/m0/s1. The topological polar surface area (TPSA) is 98.8 Å². The molecule has 11 heteroatoms. The third-order valence-corrected chi connectivity index (χ3v) is 6.24. The zero-order valence-corrected chi connectivity index (χ0v) is 17.8. The van der Waals surface area contributed by atoms with Crippen molar-refractivity contribution in [2.24, 2.45) is 0 Å². The third kappa shape index (κ3) is 4.57. The van der Waals surface area contributed by atoms with E-state index < -0.39 is 17.8 Å². The molecule has 0 aromatic carbocycles. The van der Waals surface area contributed by atoms with Crippen molar-refractivity contribution < 1.29 is 18.0 Å². The van der Waals surface area contributed by atoms with Gasteiger partial charge in [0, 0.05) is 35.8 Å². The van der Waals surface area contributed by atoms with Gasteiger partial charge in [0.25, 0.3) is 0 Å². The highest BCUT2D eigenvalue weighted by atomic mass is 19.1. The highest BCUT2D eigenvalue weighted by molar-refractivity contribution is 5.91. The van der Waals surface area contributed by atoms with Crippen LogP contribution in [-0.4, -0.2) is 62.2 Å². The number of aromatic nitrogens is 4. The molecular weight excluding hydrogens is 435 g/mol. The minimum Gasteiger partial charge on any atom is -0.365 e. The number of carbonyl (C=O) groups is 1. The largest absolute Gasteiger partial charge is 0.365 e. The van der Waals surface area contributed by atoms with Crippen molar-refractivity contribution in [3.05, 3.63) is 36.3 Å². The number of nitrogens with zero attached hydrogens (tertiary/aromatic N) is 4. The number of carbonyl (C=O) groups excluding carboxylic acids is 1. The van der Waals surface area contributed by atoms with Crippen LogP contribution in [0, 0.1) is 11.6 Å². The molecule has 1 aliphatic carbocycles. The lowest BCUT2D eigenvalue weighted by atomic mass is 9.91. The van der Waals surface area contributed by atoms with Crippen LogP contribution in [0.25, 0.3) is 22.4 Å². The fourth-order valence-corrected chi connectivity index (χ4v) is 4.57. The zero-order valence-electron chi connectivity index (χ0n) is 17.8. The Morgan fingerprint density at radius 2 is 2.00 bits per heavy atom. The molecule has 4 heterocycles. The second-order valence-corrected chi connectivity index (χ2v) is 8.63. The summed E-state index contributed by atoms with van der Waals surface area (Å²) in [6.07, 6.45) is 6.26. The summed E-state index contributed by atoms with van der Waals surface area (Å²) < 4.78 is 41.6. The van der Waals surface area contributed by atoms with E-state index in [0.717, 1.165) is 31.7 Å². The number of H-pyrrole nitrogens is 1. The maximum atomic E-state index is 14.5. The summed E-state index contributed by atoms with van der Waals surface area (Å²) in [7, 11) is 0. The molecule has 1 saturated heterocycles. The Morgan fingerprint density at radius 1 is 1.15 bits per heavy atom. The van der Waals surface area contributed by atoms with Gasteiger partial charge in [0.15, 0.2) is 17.5 Å². The van der Waals surface area contributed by atoms with Crippen molar-refractivity contribution >= 4 is 22.9 Å². The van der Waals surface area contributed by atoms with Gasteiger partial charge in [-0.15, -0.1) is 0 Å². The van der Waals surface area contributed by atoms with Gasteiger partial charge in [0.2, 0.25) is 0 Å². The SMILES string of the molecule is O=C(N[C@@H]1CCC[C@H](Nc2nc(-c3c[nH]c4ncc(F)cc34)ncc2F)C1)N1CCC(F)C1. The molecule has 0 spiro atoms. The molecular formula is C22H24F3N7O. The fraction of sp³-hybridized carbons (Fsp3) is 0.455. The number of amides is 2. The van der Waals surface area contributed by atoms with Crippen molar-refractivity contribution in [1.29, 1.82) is 0 Å². The molecule has 8 nitrogen and oxygen atoms in total. The summed E-state index contributed by atoms with van der Waals surface area (Å²) in [6.45, 7) is 0.548. The minimum atomic E-state index is -0.962. The summed E-state index contributed by atoms with van der Waals surface area (Å²) in [5.41, 5.74) is 1.00. The number of pyridine rings is 1. The molecule has 0 radical (unpaired) electrons. The maximum absolute atomic E-state index is 14.5. The number of hydrogen-bond acceptors (Lipinski definition) is 5. The van der Waals surface area contributed by atoms with Gasteiger partial charge in [0.1, 0.15) is 17.6 Å². The van der Waals surface area contributed by atoms with Gasteiger partial charge in [-0.05, 0) is 38.2 Å². The van der Waals surface area contributed by atoms with Crippen molar-refractivity contribution in [2.75, 3.05) is 18.4 Å². The number of likely N-dealkylation sites (tertiary alicyclic amines) is 1. The van der Waals surface area contributed by atoms with E-state index in [1.54, 1.807) is 6.20 Å². The van der Waals surface area contributed by atoms with Gasteiger partial charge in [-0.3, -0.25) is 0 Å². The molecule has 5 rings (SSSR count). The Hall–Kier alpha value is -3.37. The van der Waals surface area contributed by atoms with Gasteiger partial charge < -0.3 is 20.5 Å². The number of fused-ring (bicyclic) bond motifs is 1. The number of rotatable bonds is 4. The third-order valence-electron chi connectivity index (χ3n) is 6.24. The van der Waals surface area contributed by atoms with Crippen LogP contribution in [0.2, 0.25) is 0 Å². The molecule has 1 saturated carbocycles. The first kappa shape index (κ1) is 21.5. The predicted octanol–water partition coefficient (Wildman–Crippen LogP) is 3.77. The van der Waals surface area contributed by atoms with E-state index in [2.05, 4.69) is 30.6 Å². The first-order chi connectivity index (χ1) is 16.0. The first-order valence-electron chi connectivity index (χ1n) is 11.1. The normalized spacial score (nSPS) is 23.1. The molecule has 1 aliphatic heterocycles. The van der Waals surface area contributed by atoms with Crippen LogP contribution < -0.4 is 10.6 Å². The van der Waals surface area contributed by atoms with E-state index in [9.17, 15) is 18.0 Å². The molecule has 2 amide bonds. The number of hydrogen-bond donors (Lipinski definition) is 3. The van der Waals surface area contributed by atoms with Crippen molar-refractivity contribution in [3.8, 4) is 11.4 Å². The Balaban J connectivity index is 1.29. The smallest absolute Gasteiger partial charge is 0.317 e. The Kier molecular flexibility index (Phi) is 5.77. The average Bonchev–Trinajstić information content (AvgIpc) is 3.42. The second-order valence-electron chi connectivity index (χ2n) is 8.63.